The van der Waals surface area contributed by atoms with Gasteiger partial charge in [-0.15, -0.1) is 0 Å². The zero-order chi connectivity index (χ0) is 20.3. The summed E-state index contributed by atoms with van der Waals surface area (Å²) in [6.45, 7) is 2.41. The standard InChI is InChI=1S/C22H27F3N2O/c1-26(2)19-8-4-16(5-9-19)21-12-13-27(3)14-17(21)15-28-20-10-6-18(7-11-20)22(23,24)25/h4-11,17,21H,12-15H2,1-3H3. The van der Waals surface area contributed by atoms with Gasteiger partial charge in [0.1, 0.15) is 5.75 Å². The molecule has 0 radical (unpaired) electrons. The lowest BCUT2D eigenvalue weighted by molar-refractivity contribution is -0.137. The molecule has 2 aromatic rings. The van der Waals surface area contributed by atoms with Gasteiger partial charge in [0.25, 0.3) is 0 Å². The molecule has 0 N–H and O–H groups in total. The summed E-state index contributed by atoms with van der Waals surface area (Å²) < 4.78 is 44.0. The van der Waals surface area contributed by atoms with Crippen molar-refractivity contribution in [3.8, 4) is 5.75 Å². The van der Waals surface area contributed by atoms with Crippen molar-refractivity contribution in [3.05, 3.63) is 59.7 Å². The number of piperidine rings is 1. The summed E-state index contributed by atoms with van der Waals surface area (Å²) in [4.78, 5) is 4.36. The highest BCUT2D eigenvalue weighted by atomic mass is 19.4. The number of rotatable bonds is 5. The molecule has 0 bridgehead atoms. The van der Waals surface area contributed by atoms with Crippen molar-refractivity contribution in [2.24, 2.45) is 5.92 Å². The number of nitrogens with zero attached hydrogens (tertiary/aromatic N) is 2. The number of likely N-dealkylation sites (tertiary alicyclic amines) is 1. The van der Waals surface area contributed by atoms with E-state index in [1.165, 1.54) is 17.7 Å². The van der Waals surface area contributed by atoms with Crippen LogP contribution in [0.5, 0.6) is 5.75 Å². The summed E-state index contributed by atoms with van der Waals surface area (Å²) >= 11 is 0. The van der Waals surface area contributed by atoms with E-state index >= 15 is 0 Å². The van der Waals surface area contributed by atoms with E-state index in [1.807, 2.05) is 14.1 Å². The van der Waals surface area contributed by atoms with Gasteiger partial charge in [-0.05, 0) is 67.9 Å². The van der Waals surface area contributed by atoms with Crippen molar-refractivity contribution in [2.75, 3.05) is 45.7 Å². The first kappa shape index (κ1) is 20.5. The molecular formula is C22H27F3N2O. The van der Waals surface area contributed by atoms with Gasteiger partial charge in [0.2, 0.25) is 0 Å². The zero-order valence-electron chi connectivity index (χ0n) is 16.5. The quantitative estimate of drug-likeness (QED) is 0.721. The van der Waals surface area contributed by atoms with Crippen LogP contribution in [0.3, 0.4) is 0 Å². The molecule has 1 aliphatic heterocycles. The van der Waals surface area contributed by atoms with Gasteiger partial charge in [-0.3, -0.25) is 0 Å². The molecule has 0 aromatic heterocycles. The number of benzene rings is 2. The van der Waals surface area contributed by atoms with E-state index in [9.17, 15) is 13.2 Å². The summed E-state index contributed by atoms with van der Waals surface area (Å²) in [6, 6.07) is 13.5. The van der Waals surface area contributed by atoms with Gasteiger partial charge < -0.3 is 14.5 Å². The Hall–Kier alpha value is -2.21. The van der Waals surface area contributed by atoms with Crippen molar-refractivity contribution in [1.82, 2.24) is 4.90 Å². The Bertz CT molecular complexity index is 757. The van der Waals surface area contributed by atoms with Crippen LogP contribution in [0, 0.1) is 5.92 Å². The molecule has 0 spiro atoms. The molecule has 28 heavy (non-hydrogen) atoms. The fourth-order valence-corrected chi connectivity index (χ4v) is 3.78. The van der Waals surface area contributed by atoms with Crippen molar-refractivity contribution < 1.29 is 17.9 Å². The van der Waals surface area contributed by atoms with Crippen LogP contribution in [0.2, 0.25) is 0 Å². The number of hydrogen-bond acceptors (Lipinski definition) is 3. The minimum absolute atomic E-state index is 0.284. The van der Waals surface area contributed by atoms with Crippen LogP contribution < -0.4 is 9.64 Å². The predicted molar refractivity (Wildman–Crippen MR) is 106 cm³/mol. The molecule has 3 rings (SSSR count). The second-order valence-corrected chi connectivity index (χ2v) is 7.74. The molecule has 2 unspecified atom stereocenters. The maximum atomic E-state index is 12.7. The molecule has 0 aliphatic carbocycles. The molecule has 1 heterocycles. The number of hydrogen-bond donors (Lipinski definition) is 0. The highest BCUT2D eigenvalue weighted by molar-refractivity contribution is 5.46. The van der Waals surface area contributed by atoms with E-state index in [4.69, 9.17) is 4.74 Å². The Labute approximate surface area is 164 Å². The van der Waals surface area contributed by atoms with E-state index in [1.54, 1.807) is 0 Å². The summed E-state index contributed by atoms with van der Waals surface area (Å²) in [7, 11) is 6.13. The first-order valence-electron chi connectivity index (χ1n) is 9.50. The molecule has 2 atom stereocenters. The van der Waals surface area contributed by atoms with Crippen LogP contribution in [-0.4, -0.2) is 45.7 Å². The summed E-state index contributed by atoms with van der Waals surface area (Å²) in [5.41, 5.74) is 1.80. The van der Waals surface area contributed by atoms with Gasteiger partial charge in [0.05, 0.1) is 12.2 Å². The molecule has 0 saturated carbocycles. The molecule has 152 valence electrons. The first-order chi connectivity index (χ1) is 13.2. The number of halogens is 3. The third kappa shape index (κ3) is 4.98. The number of ether oxygens (including phenoxy) is 1. The highest BCUT2D eigenvalue weighted by Crippen LogP contribution is 2.34. The Kier molecular flexibility index (Phi) is 6.18. The normalized spacial score (nSPS) is 20.8. The third-order valence-corrected chi connectivity index (χ3v) is 5.42. The van der Waals surface area contributed by atoms with E-state index in [2.05, 4.69) is 41.1 Å². The van der Waals surface area contributed by atoms with Crippen LogP contribution in [0.15, 0.2) is 48.5 Å². The lowest BCUT2D eigenvalue weighted by atomic mass is 9.81. The molecule has 1 fully saturated rings. The molecule has 2 aromatic carbocycles. The van der Waals surface area contributed by atoms with Crippen LogP contribution in [-0.2, 0) is 6.18 Å². The van der Waals surface area contributed by atoms with Gasteiger partial charge in [-0.1, -0.05) is 12.1 Å². The van der Waals surface area contributed by atoms with Crippen molar-refractivity contribution in [2.45, 2.75) is 18.5 Å². The van der Waals surface area contributed by atoms with Crippen LogP contribution in [0.1, 0.15) is 23.5 Å². The van der Waals surface area contributed by atoms with E-state index in [0.29, 0.717) is 18.3 Å². The van der Waals surface area contributed by atoms with Crippen LogP contribution >= 0.6 is 0 Å². The van der Waals surface area contributed by atoms with Crippen LogP contribution in [0.25, 0.3) is 0 Å². The summed E-state index contributed by atoms with van der Waals surface area (Å²) in [5.74, 6) is 1.14. The Balaban J connectivity index is 1.68. The first-order valence-corrected chi connectivity index (χ1v) is 9.50. The molecule has 0 amide bonds. The SMILES string of the molecule is CN1CCC(c2ccc(N(C)C)cc2)C(COc2ccc(C(F)(F)F)cc2)C1. The molecule has 1 saturated heterocycles. The Morgan fingerprint density at radius 2 is 1.68 bits per heavy atom. The maximum absolute atomic E-state index is 12.7. The molecule has 1 aliphatic rings. The molecule has 3 nitrogen and oxygen atoms in total. The van der Waals surface area contributed by atoms with Crippen molar-refractivity contribution in [3.63, 3.8) is 0 Å². The smallest absolute Gasteiger partial charge is 0.416 e. The summed E-state index contributed by atoms with van der Waals surface area (Å²) in [6.07, 6.45) is -3.28. The van der Waals surface area contributed by atoms with Crippen molar-refractivity contribution in [1.29, 1.82) is 0 Å². The average molecular weight is 392 g/mol. The van der Waals surface area contributed by atoms with Gasteiger partial charge in [-0.25, -0.2) is 0 Å². The van der Waals surface area contributed by atoms with Gasteiger partial charge in [0, 0.05) is 32.2 Å². The second-order valence-electron chi connectivity index (χ2n) is 7.74. The monoisotopic (exact) mass is 392 g/mol. The van der Waals surface area contributed by atoms with Gasteiger partial charge >= 0.3 is 6.18 Å². The van der Waals surface area contributed by atoms with E-state index < -0.39 is 11.7 Å². The van der Waals surface area contributed by atoms with Gasteiger partial charge in [-0.2, -0.15) is 13.2 Å². The van der Waals surface area contributed by atoms with Crippen LogP contribution in [0.4, 0.5) is 18.9 Å². The lowest BCUT2D eigenvalue weighted by Gasteiger charge is -2.37. The summed E-state index contributed by atoms with van der Waals surface area (Å²) in [5, 5.41) is 0. The largest absolute Gasteiger partial charge is 0.493 e. The minimum atomic E-state index is -4.32. The molecule has 6 heteroatoms. The fraction of sp³-hybridized carbons (Fsp3) is 0.455. The topological polar surface area (TPSA) is 15.7 Å². The minimum Gasteiger partial charge on any atom is -0.493 e. The van der Waals surface area contributed by atoms with Gasteiger partial charge in [0.15, 0.2) is 0 Å². The maximum Gasteiger partial charge on any atom is 0.416 e. The second kappa shape index (κ2) is 8.43. The predicted octanol–water partition coefficient (Wildman–Crippen LogP) is 4.89. The average Bonchev–Trinajstić information content (AvgIpc) is 2.66. The number of anilines is 1. The van der Waals surface area contributed by atoms with E-state index in [0.717, 1.165) is 37.3 Å². The zero-order valence-corrected chi connectivity index (χ0v) is 16.5. The third-order valence-electron chi connectivity index (χ3n) is 5.42. The molecular weight excluding hydrogens is 365 g/mol. The Morgan fingerprint density at radius 1 is 1.04 bits per heavy atom. The van der Waals surface area contributed by atoms with E-state index in [-0.39, 0.29) is 5.92 Å². The lowest BCUT2D eigenvalue weighted by Crippen LogP contribution is -2.39. The number of alkyl halides is 3. The van der Waals surface area contributed by atoms with Crippen molar-refractivity contribution >= 4 is 5.69 Å². The Morgan fingerprint density at radius 3 is 2.25 bits per heavy atom. The fourth-order valence-electron chi connectivity index (χ4n) is 3.78. The highest BCUT2D eigenvalue weighted by Gasteiger charge is 2.31.